The monoisotopic (exact) mass is 393 g/mol. The molecular formula is C13H13BrClNO2S2. The lowest BCUT2D eigenvalue weighted by Gasteiger charge is -2.18. The predicted octanol–water partition coefficient (Wildman–Crippen LogP) is 4.29. The lowest BCUT2D eigenvalue weighted by molar-refractivity contribution is 0.469. The number of hydrogen-bond donors (Lipinski definition) is 0. The van der Waals surface area contributed by atoms with Gasteiger partial charge in [-0.05, 0) is 36.8 Å². The highest BCUT2D eigenvalue weighted by Gasteiger charge is 2.23. The number of rotatable bonds is 4. The molecule has 0 aliphatic heterocycles. The van der Waals surface area contributed by atoms with Gasteiger partial charge in [0.1, 0.15) is 0 Å². The number of sulfonamides is 1. The Kier molecular flexibility index (Phi) is 4.92. The third-order valence-corrected chi connectivity index (χ3v) is 6.50. The third kappa shape index (κ3) is 3.43. The molecule has 0 saturated heterocycles. The van der Waals surface area contributed by atoms with Crippen LogP contribution in [-0.4, -0.2) is 19.8 Å². The van der Waals surface area contributed by atoms with E-state index >= 15 is 0 Å². The van der Waals surface area contributed by atoms with Gasteiger partial charge in [-0.2, -0.15) is 4.31 Å². The first kappa shape index (κ1) is 16.0. The van der Waals surface area contributed by atoms with Crippen molar-refractivity contribution in [2.45, 2.75) is 18.4 Å². The molecule has 0 saturated carbocycles. The number of benzene rings is 1. The molecule has 2 rings (SSSR count). The van der Waals surface area contributed by atoms with Gasteiger partial charge in [0, 0.05) is 22.9 Å². The first-order valence-corrected chi connectivity index (χ1v) is 9.20. The normalized spacial score (nSPS) is 12.1. The molecule has 20 heavy (non-hydrogen) atoms. The van der Waals surface area contributed by atoms with E-state index in [1.54, 1.807) is 32.2 Å². The molecule has 0 aliphatic carbocycles. The molecule has 0 bridgehead atoms. The number of aryl methyl sites for hydroxylation is 1. The molecule has 1 aromatic heterocycles. The zero-order valence-corrected chi connectivity index (χ0v) is 14.9. The van der Waals surface area contributed by atoms with Crippen LogP contribution >= 0.6 is 38.9 Å². The van der Waals surface area contributed by atoms with Crippen molar-refractivity contribution in [3.05, 3.63) is 49.6 Å². The summed E-state index contributed by atoms with van der Waals surface area (Å²) < 4.78 is 27.9. The summed E-state index contributed by atoms with van der Waals surface area (Å²) in [5.74, 6) is 0. The van der Waals surface area contributed by atoms with E-state index in [9.17, 15) is 8.42 Å². The Bertz CT molecular complexity index is 728. The maximum atomic E-state index is 12.6. The molecule has 108 valence electrons. The number of nitrogens with zero attached hydrogens (tertiary/aromatic N) is 1. The topological polar surface area (TPSA) is 37.4 Å². The Balaban J connectivity index is 2.32. The van der Waals surface area contributed by atoms with Crippen molar-refractivity contribution in [3.63, 3.8) is 0 Å². The first-order valence-electron chi connectivity index (χ1n) is 5.77. The minimum absolute atomic E-state index is 0.311. The fourth-order valence-electron chi connectivity index (χ4n) is 1.76. The Morgan fingerprint density at radius 3 is 2.60 bits per heavy atom. The molecule has 0 amide bonds. The van der Waals surface area contributed by atoms with Crippen LogP contribution in [0.4, 0.5) is 0 Å². The molecular weight excluding hydrogens is 382 g/mol. The van der Waals surface area contributed by atoms with Crippen LogP contribution < -0.4 is 0 Å². The number of thiophene rings is 1. The van der Waals surface area contributed by atoms with Gasteiger partial charge >= 0.3 is 0 Å². The van der Waals surface area contributed by atoms with E-state index in [1.165, 1.54) is 15.6 Å². The summed E-state index contributed by atoms with van der Waals surface area (Å²) in [6.45, 7) is 2.10. The van der Waals surface area contributed by atoms with Crippen LogP contribution in [0.25, 0.3) is 0 Å². The molecule has 0 unspecified atom stereocenters. The first-order chi connectivity index (χ1) is 9.30. The zero-order chi connectivity index (χ0) is 14.9. The van der Waals surface area contributed by atoms with Crippen LogP contribution in [-0.2, 0) is 16.6 Å². The van der Waals surface area contributed by atoms with Crippen LogP contribution in [0.15, 0.2) is 39.7 Å². The molecule has 7 heteroatoms. The molecule has 1 aromatic carbocycles. The van der Waals surface area contributed by atoms with Crippen molar-refractivity contribution in [1.29, 1.82) is 0 Å². The van der Waals surface area contributed by atoms with Gasteiger partial charge in [0.05, 0.1) is 9.23 Å². The van der Waals surface area contributed by atoms with Crippen molar-refractivity contribution in [2.24, 2.45) is 0 Å². The lowest BCUT2D eigenvalue weighted by Crippen LogP contribution is -2.26. The summed E-state index contributed by atoms with van der Waals surface area (Å²) in [5.41, 5.74) is 0.726. The van der Waals surface area contributed by atoms with E-state index in [-0.39, 0.29) is 0 Å². The van der Waals surface area contributed by atoms with E-state index in [0.717, 1.165) is 14.9 Å². The van der Waals surface area contributed by atoms with E-state index in [2.05, 4.69) is 15.9 Å². The van der Waals surface area contributed by atoms with E-state index in [4.69, 9.17) is 11.6 Å². The lowest BCUT2D eigenvalue weighted by atomic mass is 10.2. The summed E-state index contributed by atoms with van der Waals surface area (Å²) in [6.07, 6.45) is 0. The SMILES string of the molecule is Cc1ccc(Br)cc1S(=O)(=O)N(C)Cc1ccc(Cl)s1. The highest BCUT2D eigenvalue weighted by Crippen LogP contribution is 2.27. The fraction of sp³-hybridized carbons (Fsp3) is 0.231. The van der Waals surface area contributed by atoms with Crippen molar-refractivity contribution in [2.75, 3.05) is 7.05 Å². The zero-order valence-electron chi connectivity index (χ0n) is 10.9. The Morgan fingerprint density at radius 2 is 2.00 bits per heavy atom. The van der Waals surface area contributed by atoms with Crippen LogP contribution in [0, 0.1) is 6.92 Å². The Labute approximate surface area is 136 Å². The molecule has 0 fully saturated rings. The van der Waals surface area contributed by atoms with Crippen LogP contribution in [0.3, 0.4) is 0 Å². The highest BCUT2D eigenvalue weighted by molar-refractivity contribution is 9.10. The summed E-state index contributed by atoms with van der Waals surface area (Å²) in [6, 6.07) is 8.85. The molecule has 0 N–H and O–H groups in total. The van der Waals surface area contributed by atoms with Crippen LogP contribution in [0.2, 0.25) is 4.34 Å². The van der Waals surface area contributed by atoms with Crippen molar-refractivity contribution in [3.8, 4) is 0 Å². The molecule has 0 spiro atoms. The van der Waals surface area contributed by atoms with Crippen molar-refractivity contribution < 1.29 is 8.42 Å². The summed E-state index contributed by atoms with van der Waals surface area (Å²) in [4.78, 5) is 1.23. The highest BCUT2D eigenvalue weighted by atomic mass is 79.9. The van der Waals surface area contributed by atoms with Crippen molar-refractivity contribution >= 4 is 48.9 Å². The van der Waals surface area contributed by atoms with Gasteiger partial charge < -0.3 is 0 Å². The second-order valence-corrected chi connectivity index (χ2v) is 9.11. The van der Waals surface area contributed by atoms with Gasteiger partial charge in [-0.3, -0.25) is 0 Å². The van der Waals surface area contributed by atoms with Gasteiger partial charge in [-0.15, -0.1) is 11.3 Å². The number of halogens is 2. The second kappa shape index (κ2) is 6.15. The average molecular weight is 395 g/mol. The van der Waals surface area contributed by atoms with Crippen LogP contribution in [0.1, 0.15) is 10.4 Å². The third-order valence-electron chi connectivity index (χ3n) is 2.85. The Hall–Kier alpha value is -0.400. The van der Waals surface area contributed by atoms with E-state index in [0.29, 0.717) is 15.8 Å². The maximum absolute atomic E-state index is 12.6. The van der Waals surface area contributed by atoms with Gasteiger partial charge in [-0.25, -0.2) is 8.42 Å². The molecule has 0 aliphatic rings. The smallest absolute Gasteiger partial charge is 0.207 e. The minimum Gasteiger partial charge on any atom is -0.207 e. The molecule has 1 heterocycles. The molecule has 0 radical (unpaired) electrons. The van der Waals surface area contributed by atoms with Crippen molar-refractivity contribution in [1.82, 2.24) is 4.31 Å². The van der Waals surface area contributed by atoms with Gasteiger partial charge in [0.15, 0.2) is 0 Å². The largest absolute Gasteiger partial charge is 0.243 e. The number of hydrogen-bond acceptors (Lipinski definition) is 3. The minimum atomic E-state index is -3.51. The molecule has 0 atom stereocenters. The fourth-order valence-corrected chi connectivity index (χ4v) is 4.89. The average Bonchev–Trinajstić information content (AvgIpc) is 2.77. The van der Waals surface area contributed by atoms with Gasteiger partial charge in [0.25, 0.3) is 0 Å². The summed E-state index contributed by atoms with van der Waals surface area (Å²) >= 11 is 10.6. The van der Waals surface area contributed by atoms with Gasteiger partial charge in [-0.1, -0.05) is 33.6 Å². The van der Waals surface area contributed by atoms with Gasteiger partial charge in [0.2, 0.25) is 10.0 Å². The second-order valence-electron chi connectivity index (χ2n) is 4.38. The Morgan fingerprint density at radius 1 is 1.30 bits per heavy atom. The predicted molar refractivity (Wildman–Crippen MR) is 86.9 cm³/mol. The van der Waals surface area contributed by atoms with Crippen LogP contribution in [0.5, 0.6) is 0 Å². The molecule has 2 aromatic rings. The maximum Gasteiger partial charge on any atom is 0.243 e. The van der Waals surface area contributed by atoms with E-state index < -0.39 is 10.0 Å². The summed E-state index contributed by atoms with van der Waals surface area (Å²) in [7, 11) is -1.94. The molecule has 3 nitrogen and oxygen atoms in total. The quantitative estimate of drug-likeness (QED) is 0.775. The standard InChI is InChI=1S/C13H13BrClNO2S2/c1-9-3-4-10(14)7-12(9)20(17,18)16(2)8-11-5-6-13(15)19-11/h3-7H,8H2,1-2H3. The summed E-state index contributed by atoms with van der Waals surface area (Å²) in [5, 5.41) is 0. The van der Waals surface area contributed by atoms with E-state index in [1.807, 2.05) is 12.1 Å².